The first-order chi connectivity index (χ1) is 7.75. The van der Waals surface area contributed by atoms with Crippen LogP contribution in [0.1, 0.15) is 0 Å². The standard InChI is InChI=1S/C11H7FN2O2/c12-7-3-6-1-2-15-10(6)8(4-7)9-5-14-16-11(9)13/h1-5H,13H2. The van der Waals surface area contributed by atoms with E-state index in [9.17, 15) is 4.39 Å². The number of fused-ring (bicyclic) bond motifs is 1. The minimum Gasteiger partial charge on any atom is -0.464 e. The fourth-order valence-electron chi connectivity index (χ4n) is 1.70. The van der Waals surface area contributed by atoms with Gasteiger partial charge in [-0.05, 0) is 18.2 Å². The summed E-state index contributed by atoms with van der Waals surface area (Å²) in [6.45, 7) is 0. The normalized spacial score (nSPS) is 11.1. The SMILES string of the molecule is Nc1oncc1-c1cc(F)cc2ccoc12. The molecule has 0 unspecified atom stereocenters. The van der Waals surface area contributed by atoms with Crippen LogP contribution in [0, 0.1) is 5.82 Å². The molecular formula is C11H7FN2O2. The third-order valence-electron chi connectivity index (χ3n) is 2.40. The zero-order chi connectivity index (χ0) is 11.1. The van der Waals surface area contributed by atoms with E-state index in [0.29, 0.717) is 22.1 Å². The lowest BCUT2D eigenvalue weighted by molar-refractivity contribution is 0.436. The molecular weight excluding hydrogens is 211 g/mol. The minimum atomic E-state index is -0.357. The van der Waals surface area contributed by atoms with Gasteiger partial charge in [-0.1, -0.05) is 5.16 Å². The van der Waals surface area contributed by atoms with E-state index in [4.69, 9.17) is 14.7 Å². The van der Waals surface area contributed by atoms with Crippen LogP contribution >= 0.6 is 0 Å². The van der Waals surface area contributed by atoms with Gasteiger partial charge >= 0.3 is 0 Å². The summed E-state index contributed by atoms with van der Waals surface area (Å²) in [6, 6.07) is 4.42. The summed E-state index contributed by atoms with van der Waals surface area (Å²) < 4.78 is 23.4. The Balaban J connectivity index is 2.38. The Labute approximate surface area is 89.4 Å². The van der Waals surface area contributed by atoms with Gasteiger partial charge in [0.25, 0.3) is 0 Å². The molecule has 0 atom stereocenters. The Morgan fingerprint density at radius 2 is 2.12 bits per heavy atom. The van der Waals surface area contributed by atoms with Crippen molar-refractivity contribution in [1.29, 1.82) is 0 Å². The molecule has 0 spiro atoms. The number of rotatable bonds is 1. The summed E-state index contributed by atoms with van der Waals surface area (Å²) in [4.78, 5) is 0. The van der Waals surface area contributed by atoms with Gasteiger partial charge in [0.05, 0.1) is 18.0 Å². The van der Waals surface area contributed by atoms with Crippen molar-refractivity contribution in [2.24, 2.45) is 0 Å². The van der Waals surface area contributed by atoms with Crippen molar-refractivity contribution in [2.45, 2.75) is 0 Å². The monoisotopic (exact) mass is 218 g/mol. The van der Waals surface area contributed by atoms with E-state index in [2.05, 4.69) is 5.16 Å². The number of nitrogens with two attached hydrogens (primary N) is 1. The van der Waals surface area contributed by atoms with Gasteiger partial charge in [0.15, 0.2) is 0 Å². The molecule has 0 saturated heterocycles. The third-order valence-corrected chi connectivity index (χ3v) is 2.40. The molecule has 2 aromatic heterocycles. The highest BCUT2D eigenvalue weighted by Crippen LogP contribution is 2.33. The van der Waals surface area contributed by atoms with Crippen molar-refractivity contribution in [2.75, 3.05) is 5.73 Å². The number of hydrogen-bond donors (Lipinski definition) is 1. The summed E-state index contributed by atoms with van der Waals surface area (Å²) in [6.07, 6.45) is 2.93. The summed E-state index contributed by atoms with van der Waals surface area (Å²) in [5.74, 6) is -0.215. The molecule has 80 valence electrons. The fraction of sp³-hybridized carbons (Fsp3) is 0. The van der Waals surface area contributed by atoms with E-state index in [0.717, 1.165) is 0 Å². The maximum Gasteiger partial charge on any atom is 0.230 e. The number of aromatic nitrogens is 1. The number of nitrogens with zero attached hydrogens (tertiary/aromatic N) is 1. The van der Waals surface area contributed by atoms with Crippen LogP contribution in [-0.2, 0) is 0 Å². The Bertz CT molecular complexity index is 657. The first-order valence-electron chi connectivity index (χ1n) is 4.63. The van der Waals surface area contributed by atoms with Gasteiger partial charge in [0.1, 0.15) is 11.4 Å². The first-order valence-corrected chi connectivity index (χ1v) is 4.63. The van der Waals surface area contributed by atoms with Gasteiger partial charge in [-0.15, -0.1) is 0 Å². The van der Waals surface area contributed by atoms with E-state index >= 15 is 0 Å². The van der Waals surface area contributed by atoms with E-state index < -0.39 is 0 Å². The molecule has 0 radical (unpaired) electrons. The third kappa shape index (κ3) is 1.18. The molecule has 16 heavy (non-hydrogen) atoms. The largest absolute Gasteiger partial charge is 0.464 e. The Morgan fingerprint density at radius 3 is 2.88 bits per heavy atom. The van der Waals surface area contributed by atoms with Crippen molar-refractivity contribution in [3.8, 4) is 11.1 Å². The molecule has 4 nitrogen and oxygen atoms in total. The van der Waals surface area contributed by atoms with Crippen molar-refractivity contribution >= 4 is 16.9 Å². The van der Waals surface area contributed by atoms with Crippen LogP contribution in [0.5, 0.6) is 0 Å². The Kier molecular flexibility index (Phi) is 1.73. The lowest BCUT2D eigenvalue weighted by Gasteiger charge is -2.00. The lowest BCUT2D eigenvalue weighted by atomic mass is 10.1. The zero-order valence-corrected chi connectivity index (χ0v) is 8.11. The smallest absolute Gasteiger partial charge is 0.230 e. The van der Waals surface area contributed by atoms with E-state index in [1.807, 2.05) is 0 Å². The Hall–Kier alpha value is -2.30. The number of benzene rings is 1. The molecule has 2 N–H and O–H groups in total. The van der Waals surface area contributed by atoms with Gasteiger partial charge < -0.3 is 14.7 Å². The second-order valence-corrected chi connectivity index (χ2v) is 3.40. The highest BCUT2D eigenvalue weighted by Gasteiger charge is 2.14. The molecule has 0 saturated carbocycles. The summed E-state index contributed by atoms with van der Waals surface area (Å²) in [7, 11) is 0. The quantitative estimate of drug-likeness (QED) is 0.682. The van der Waals surface area contributed by atoms with Crippen LogP contribution in [-0.4, -0.2) is 5.16 Å². The second kappa shape index (κ2) is 3.10. The molecule has 3 aromatic rings. The average Bonchev–Trinajstić information content (AvgIpc) is 2.84. The predicted octanol–water partition coefficient (Wildman–Crippen LogP) is 2.81. The number of halogens is 1. The van der Waals surface area contributed by atoms with Crippen LogP contribution < -0.4 is 5.73 Å². The highest BCUT2D eigenvalue weighted by atomic mass is 19.1. The van der Waals surface area contributed by atoms with E-state index in [-0.39, 0.29) is 11.7 Å². The summed E-state index contributed by atoms with van der Waals surface area (Å²) in [5, 5.41) is 4.23. The van der Waals surface area contributed by atoms with Crippen molar-refractivity contribution in [1.82, 2.24) is 5.16 Å². The maximum absolute atomic E-state index is 13.4. The Morgan fingerprint density at radius 1 is 1.25 bits per heavy atom. The molecule has 0 aliphatic rings. The molecule has 1 aromatic carbocycles. The molecule has 0 bridgehead atoms. The van der Waals surface area contributed by atoms with Crippen molar-refractivity contribution in [3.63, 3.8) is 0 Å². The molecule has 0 aliphatic heterocycles. The van der Waals surface area contributed by atoms with Gasteiger partial charge in [0.2, 0.25) is 5.88 Å². The van der Waals surface area contributed by atoms with Crippen LogP contribution in [0.4, 0.5) is 10.3 Å². The molecule has 5 heteroatoms. The number of furan rings is 1. The van der Waals surface area contributed by atoms with Gasteiger partial charge in [-0.3, -0.25) is 0 Å². The van der Waals surface area contributed by atoms with Crippen LogP contribution in [0.2, 0.25) is 0 Å². The van der Waals surface area contributed by atoms with Crippen LogP contribution in [0.15, 0.2) is 39.6 Å². The maximum atomic E-state index is 13.4. The van der Waals surface area contributed by atoms with Gasteiger partial charge in [-0.2, -0.15) is 0 Å². The van der Waals surface area contributed by atoms with Crippen molar-refractivity contribution < 1.29 is 13.3 Å². The molecule has 0 amide bonds. The minimum absolute atomic E-state index is 0.142. The molecule has 0 aliphatic carbocycles. The average molecular weight is 218 g/mol. The topological polar surface area (TPSA) is 65.2 Å². The zero-order valence-electron chi connectivity index (χ0n) is 8.11. The summed E-state index contributed by atoms with van der Waals surface area (Å²) in [5.41, 5.74) is 7.22. The molecule has 0 fully saturated rings. The predicted molar refractivity (Wildman–Crippen MR) is 56.1 cm³/mol. The van der Waals surface area contributed by atoms with Crippen molar-refractivity contribution in [3.05, 3.63) is 36.5 Å². The van der Waals surface area contributed by atoms with Gasteiger partial charge in [0, 0.05) is 10.9 Å². The van der Waals surface area contributed by atoms with E-state index in [1.54, 1.807) is 6.07 Å². The van der Waals surface area contributed by atoms with E-state index in [1.165, 1.54) is 24.6 Å². The summed E-state index contributed by atoms with van der Waals surface area (Å²) >= 11 is 0. The molecule has 3 rings (SSSR count). The highest BCUT2D eigenvalue weighted by molar-refractivity contribution is 5.94. The van der Waals surface area contributed by atoms with Crippen LogP contribution in [0.3, 0.4) is 0 Å². The second-order valence-electron chi connectivity index (χ2n) is 3.40. The first kappa shape index (κ1) is 8.96. The van der Waals surface area contributed by atoms with Gasteiger partial charge in [-0.25, -0.2) is 4.39 Å². The lowest BCUT2D eigenvalue weighted by Crippen LogP contribution is -1.86. The number of hydrogen-bond acceptors (Lipinski definition) is 4. The van der Waals surface area contributed by atoms with Crippen LogP contribution in [0.25, 0.3) is 22.1 Å². The fourth-order valence-corrected chi connectivity index (χ4v) is 1.70. The number of nitrogen functional groups attached to an aromatic ring is 1. The number of anilines is 1. The molecule has 2 heterocycles.